The average Bonchev–Trinajstić information content (AvgIpc) is 2.40. The highest BCUT2D eigenvalue weighted by Crippen LogP contribution is 2.13. The van der Waals surface area contributed by atoms with Crippen molar-refractivity contribution in [3.8, 4) is 5.75 Å². The van der Waals surface area contributed by atoms with Gasteiger partial charge in [0, 0.05) is 12.8 Å². The number of carbonyl (C=O) groups excluding carboxylic acids is 1. The Morgan fingerprint density at radius 1 is 0.950 bits per heavy atom. The second kappa shape index (κ2) is 9.07. The summed E-state index contributed by atoms with van der Waals surface area (Å²) in [6, 6.07) is 5.31. The highest BCUT2D eigenvalue weighted by Gasteiger charge is 2.05. The van der Waals surface area contributed by atoms with Gasteiger partial charge in [-0.3, -0.25) is 9.59 Å². The maximum Gasteiger partial charge on any atom is 0.311 e. The van der Waals surface area contributed by atoms with Gasteiger partial charge in [-0.1, -0.05) is 19.3 Å². The third-order valence-electron chi connectivity index (χ3n) is 2.82. The molecule has 0 saturated carbocycles. The molecule has 0 aliphatic carbocycles. The molecule has 0 aliphatic rings. The number of esters is 1. The Hall–Kier alpha value is -1.91. The van der Waals surface area contributed by atoms with E-state index in [0.717, 1.165) is 19.3 Å². The molecular formula is C15H19FO4. The van der Waals surface area contributed by atoms with Crippen molar-refractivity contribution in [3.05, 3.63) is 30.1 Å². The monoisotopic (exact) mass is 282 g/mol. The number of carboxylic acids is 1. The average molecular weight is 282 g/mol. The molecule has 0 aliphatic heterocycles. The fraction of sp³-hybridized carbons (Fsp3) is 0.467. The highest BCUT2D eigenvalue weighted by atomic mass is 19.1. The summed E-state index contributed by atoms with van der Waals surface area (Å²) in [5.41, 5.74) is 0. The van der Waals surface area contributed by atoms with Gasteiger partial charge in [0.2, 0.25) is 0 Å². The van der Waals surface area contributed by atoms with Crippen LogP contribution in [0.1, 0.15) is 44.9 Å². The van der Waals surface area contributed by atoms with Crippen molar-refractivity contribution < 1.29 is 23.8 Å². The minimum absolute atomic E-state index is 0.201. The van der Waals surface area contributed by atoms with E-state index in [2.05, 4.69) is 0 Å². The van der Waals surface area contributed by atoms with Crippen molar-refractivity contribution in [1.29, 1.82) is 0 Å². The summed E-state index contributed by atoms with van der Waals surface area (Å²) in [6.45, 7) is 0. The van der Waals surface area contributed by atoms with Crippen molar-refractivity contribution in [2.24, 2.45) is 0 Å². The standard InChI is InChI=1S/C15H19FO4/c16-12-8-10-13(11-9-12)20-15(19)7-5-3-1-2-4-6-14(17)18/h8-11H,1-7H2,(H,17,18). The number of carboxylic acid groups (broad SMARTS) is 1. The molecule has 0 spiro atoms. The van der Waals surface area contributed by atoms with Crippen LogP contribution in [0, 0.1) is 5.82 Å². The van der Waals surface area contributed by atoms with Gasteiger partial charge >= 0.3 is 11.9 Å². The third-order valence-corrected chi connectivity index (χ3v) is 2.82. The molecule has 1 aromatic carbocycles. The Morgan fingerprint density at radius 2 is 1.50 bits per heavy atom. The van der Waals surface area contributed by atoms with Gasteiger partial charge in [-0.25, -0.2) is 4.39 Å². The SMILES string of the molecule is O=C(O)CCCCCCCC(=O)Oc1ccc(F)cc1. The second-order valence-electron chi connectivity index (χ2n) is 4.59. The first-order valence-electron chi connectivity index (χ1n) is 6.76. The Morgan fingerprint density at radius 3 is 2.10 bits per heavy atom. The fourth-order valence-corrected chi connectivity index (χ4v) is 1.76. The lowest BCUT2D eigenvalue weighted by atomic mass is 10.1. The van der Waals surface area contributed by atoms with E-state index < -0.39 is 5.97 Å². The van der Waals surface area contributed by atoms with E-state index in [1.807, 2.05) is 0 Å². The zero-order chi connectivity index (χ0) is 14.8. The molecule has 1 N–H and O–H groups in total. The molecule has 0 aromatic heterocycles. The van der Waals surface area contributed by atoms with Gasteiger partial charge in [-0.05, 0) is 37.1 Å². The lowest BCUT2D eigenvalue weighted by molar-refractivity contribution is -0.137. The summed E-state index contributed by atoms with van der Waals surface area (Å²) in [4.78, 5) is 21.8. The molecule has 5 heteroatoms. The number of rotatable bonds is 9. The van der Waals surface area contributed by atoms with Crippen LogP contribution >= 0.6 is 0 Å². The Balaban J connectivity index is 2.05. The number of unbranched alkanes of at least 4 members (excludes halogenated alkanes) is 4. The van der Waals surface area contributed by atoms with Gasteiger partial charge in [0.25, 0.3) is 0 Å². The molecule has 0 heterocycles. The zero-order valence-electron chi connectivity index (χ0n) is 11.3. The number of hydrogen-bond donors (Lipinski definition) is 1. The lowest BCUT2D eigenvalue weighted by Gasteiger charge is -2.04. The lowest BCUT2D eigenvalue weighted by Crippen LogP contribution is -2.07. The smallest absolute Gasteiger partial charge is 0.311 e. The van der Waals surface area contributed by atoms with Crippen LogP contribution in [0.5, 0.6) is 5.75 Å². The molecule has 20 heavy (non-hydrogen) atoms. The Labute approximate surface area is 117 Å². The quantitative estimate of drug-likeness (QED) is 0.427. The molecule has 0 unspecified atom stereocenters. The summed E-state index contributed by atoms with van der Waals surface area (Å²) in [7, 11) is 0. The van der Waals surface area contributed by atoms with Gasteiger partial charge in [0.1, 0.15) is 11.6 Å². The molecule has 0 radical (unpaired) electrons. The first-order chi connectivity index (χ1) is 9.58. The van der Waals surface area contributed by atoms with Crippen LogP contribution in [-0.4, -0.2) is 17.0 Å². The maximum absolute atomic E-state index is 12.6. The van der Waals surface area contributed by atoms with Crippen LogP contribution in [0.4, 0.5) is 4.39 Å². The van der Waals surface area contributed by atoms with E-state index in [-0.39, 0.29) is 18.2 Å². The molecule has 4 nitrogen and oxygen atoms in total. The number of carbonyl (C=O) groups is 2. The highest BCUT2D eigenvalue weighted by molar-refractivity contribution is 5.72. The molecule has 110 valence electrons. The first kappa shape index (κ1) is 16.1. The Kier molecular flexibility index (Phi) is 7.32. The maximum atomic E-state index is 12.6. The second-order valence-corrected chi connectivity index (χ2v) is 4.59. The molecule has 0 saturated heterocycles. The van der Waals surface area contributed by atoms with Crippen molar-refractivity contribution >= 4 is 11.9 Å². The summed E-state index contributed by atoms with van der Waals surface area (Å²) >= 11 is 0. The van der Waals surface area contributed by atoms with Crippen molar-refractivity contribution in [3.63, 3.8) is 0 Å². The van der Waals surface area contributed by atoms with Crippen LogP contribution in [0.3, 0.4) is 0 Å². The molecular weight excluding hydrogens is 263 g/mol. The summed E-state index contributed by atoms with van der Waals surface area (Å²) in [5, 5.41) is 8.46. The molecule has 0 amide bonds. The number of hydrogen-bond acceptors (Lipinski definition) is 3. The summed E-state index contributed by atoms with van der Waals surface area (Å²) in [5.74, 6) is -1.13. The minimum atomic E-state index is -0.770. The largest absolute Gasteiger partial charge is 0.481 e. The van der Waals surface area contributed by atoms with Crippen LogP contribution in [0.2, 0.25) is 0 Å². The number of ether oxygens (including phenoxy) is 1. The Bertz CT molecular complexity index is 428. The summed E-state index contributed by atoms with van der Waals surface area (Å²) < 4.78 is 17.7. The molecule has 1 aromatic rings. The van der Waals surface area contributed by atoms with E-state index in [4.69, 9.17) is 9.84 Å². The van der Waals surface area contributed by atoms with Gasteiger partial charge < -0.3 is 9.84 Å². The van der Waals surface area contributed by atoms with E-state index in [1.165, 1.54) is 24.3 Å². The topological polar surface area (TPSA) is 63.6 Å². The van der Waals surface area contributed by atoms with Gasteiger partial charge in [0.15, 0.2) is 0 Å². The molecule has 0 bridgehead atoms. The minimum Gasteiger partial charge on any atom is -0.481 e. The van der Waals surface area contributed by atoms with Crippen LogP contribution in [0.25, 0.3) is 0 Å². The van der Waals surface area contributed by atoms with Crippen LogP contribution in [-0.2, 0) is 9.59 Å². The first-order valence-corrected chi connectivity index (χ1v) is 6.76. The molecule has 0 fully saturated rings. The zero-order valence-corrected chi connectivity index (χ0v) is 11.3. The molecule has 1 rings (SSSR count). The van der Waals surface area contributed by atoms with E-state index in [0.29, 0.717) is 25.0 Å². The van der Waals surface area contributed by atoms with Gasteiger partial charge in [-0.15, -0.1) is 0 Å². The van der Waals surface area contributed by atoms with Gasteiger partial charge in [0.05, 0.1) is 0 Å². The van der Waals surface area contributed by atoms with E-state index >= 15 is 0 Å². The van der Waals surface area contributed by atoms with Crippen LogP contribution < -0.4 is 4.74 Å². The molecule has 0 atom stereocenters. The van der Waals surface area contributed by atoms with Crippen molar-refractivity contribution in [1.82, 2.24) is 0 Å². The van der Waals surface area contributed by atoms with Gasteiger partial charge in [-0.2, -0.15) is 0 Å². The van der Waals surface area contributed by atoms with Crippen LogP contribution in [0.15, 0.2) is 24.3 Å². The predicted molar refractivity (Wildman–Crippen MR) is 72.0 cm³/mol. The number of benzene rings is 1. The van der Waals surface area contributed by atoms with Crippen molar-refractivity contribution in [2.75, 3.05) is 0 Å². The number of aliphatic carboxylic acids is 1. The van der Waals surface area contributed by atoms with E-state index in [9.17, 15) is 14.0 Å². The summed E-state index contributed by atoms with van der Waals surface area (Å²) in [6.07, 6.45) is 4.56. The van der Waals surface area contributed by atoms with E-state index in [1.54, 1.807) is 0 Å². The fourth-order valence-electron chi connectivity index (χ4n) is 1.76. The normalized spacial score (nSPS) is 10.2. The predicted octanol–water partition coefficient (Wildman–Crippen LogP) is 3.55. The number of halogens is 1. The van der Waals surface area contributed by atoms with Crippen molar-refractivity contribution in [2.45, 2.75) is 44.9 Å². The third kappa shape index (κ3) is 7.51.